The van der Waals surface area contributed by atoms with Crippen molar-refractivity contribution >= 4 is 33.3 Å². The lowest BCUT2D eigenvalue weighted by atomic mass is 9.90. The molecule has 0 radical (unpaired) electrons. The largest absolute Gasteiger partial charge is 0.301 e. The number of H-pyrrole nitrogens is 1. The summed E-state index contributed by atoms with van der Waals surface area (Å²) in [5, 5.41) is 1.58. The summed E-state index contributed by atoms with van der Waals surface area (Å²) in [7, 11) is 0. The van der Waals surface area contributed by atoms with Gasteiger partial charge in [-0.3, -0.25) is 4.79 Å². The van der Waals surface area contributed by atoms with Gasteiger partial charge in [-0.05, 0) is 36.0 Å². The Morgan fingerprint density at radius 3 is 2.88 bits per heavy atom. The van der Waals surface area contributed by atoms with Crippen LogP contribution in [0.3, 0.4) is 0 Å². The second-order valence-electron chi connectivity index (χ2n) is 6.88. The fourth-order valence-corrected chi connectivity index (χ4v) is 5.87. The molecule has 0 spiro atoms. The predicted octanol–water partition coefficient (Wildman–Crippen LogP) is 5.81. The lowest BCUT2D eigenvalue weighted by Crippen LogP contribution is -2.11. The van der Waals surface area contributed by atoms with Crippen LogP contribution in [0.5, 0.6) is 0 Å². The first-order chi connectivity index (χ1) is 12.8. The summed E-state index contributed by atoms with van der Waals surface area (Å²) >= 11 is 3.36. The molecule has 0 saturated heterocycles. The summed E-state index contributed by atoms with van der Waals surface area (Å²) in [5.41, 5.74) is 3.87. The SMILES string of the molecule is CCCCCCCSc1nc2sc3c(c2c(=O)[nH]1)CCc1ccccc1-3. The number of hydrogen-bond acceptors (Lipinski definition) is 4. The first kappa shape index (κ1) is 17.8. The Kier molecular flexibility index (Phi) is 5.46. The Bertz CT molecular complexity index is 974. The number of thioether (sulfide) groups is 1. The Morgan fingerprint density at radius 1 is 1.15 bits per heavy atom. The Labute approximate surface area is 162 Å². The third-order valence-corrected chi connectivity index (χ3v) is 7.15. The average Bonchev–Trinajstić information content (AvgIpc) is 3.04. The summed E-state index contributed by atoms with van der Waals surface area (Å²) in [4.78, 5) is 22.6. The summed E-state index contributed by atoms with van der Waals surface area (Å²) in [6.07, 6.45) is 8.26. The van der Waals surface area contributed by atoms with Gasteiger partial charge in [0.25, 0.3) is 5.56 Å². The van der Waals surface area contributed by atoms with E-state index in [-0.39, 0.29) is 5.56 Å². The predicted molar refractivity (Wildman–Crippen MR) is 113 cm³/mol. The van der Waals surface area contributed by atoms with Crippen LogP contribution in [0.4, 0.5) is 0 Å². The number of hydrogen-bond donors (Lipinski definition) is 1. The van der Waals surface area contributed by atoms with E-state index in [1.165, 1.54) is 53.7 Å². The van der Waals surface area contributed by atoms with E-state index in [4.69, 9.17) is 4.98 Å². The number of aromatic nitrogens is 2. The van der Waals surface area contributed by atoms with Gasteiger partial charge in [-0.15, -0.1) is 11.3 Å². The molecule has 2 aromatic heterocycles. The summed E-state index contributed by atoms with van der Waals surface area (Å²) in [6, 6.07) is 8.54. The van der Waals surface area contributed by atoms with Gasteiger partial charge in [-0.2, -0.15) is 0 Å². The number of aromatic amines is 1. The van der Waals surface area contributed by atoms with E-state index in [0.717, 1.165) is 34.0 Å². The molecule has 2 heterocycles. The number of unbranched alkanes of at least 4 members (excludes halogenated alkanes) is 4. The van der Waals surface area contributed by atoms with Crippen LogP contribution in [-0.2, 0) is 12.8 Å². The van der Waals surface area contributed by atoms with Crippen LogP contribution in [0, 0.1) is 0 Å². The molecule has 0 amide bonds. The van der Waals surface area contributed by atoms with Crippen molar-refractivity contribution in [1.82, 2.24) is 9.97 Å². The van der Waals surface area contributed by atoms with Crippen LogP contribution in [0.1, 0.15) is 50.2 Å². The van der Waals surface area contributed by atoms with Crippen molar-refractivity contribution in [1.29, 1.82) is 0 Å². The third-order valence-electron chi connectivity index (χ3n) is 5.03. The van der Waals surface area contributed by atoms with E-state index in [1.54, 1.807) is 23.1 Å². The maximum Gasteiger partial charge on any atom is 0.260 e. The van der Waals surface area contributed by atoms with Gasteiger partial charge in [0.1, 0.15) is 4.83 Å². The van der Waals surface area contributed by atoms with Gasteiger partial charge in [0.2, 0.25) is 0 Å². The van der Waals surface area contributed by atoms with Gasteiger partial charge in [-0.25, -0.2) is 4.98 Å². The first-order valence-electron chi connectivity index (χ1n) is 9.54. The number of fused-ring (bicyclic) bond motifs is 5. The van der Waals surface area contributed by atoms with Crippen LogP contribution in [0.15, 0.2) is 34.2 Å². The van der Waals surface area contributed by atoms with Crippen molar-refractivity contribution in [3.63, 3.8) is 0 Å². The molecule has 1 N–H and O–H groups in total. The highest BCUT2D eigenvalue weighted by atomic mass is 32.2. The van der Waals surface area contributed by atoms with Crippen molar-refractivity contribution in [3.8, 4) is 10.4 Å². The molecule has 136 valence electrons. The van der Waals surface area contributed by atoms with Crippen molar-refractivity contribution in [2.24, 2.45) is 0 Å². The van der Waals surface area contributed by atoms with E-state index < -0.39 is 0 Å². The van der Waals surface area contributed by atoms with Gasteiger partial charge >= 0.3 is 0 Å². The van der Waals surface area contributed by atoms with Gasteiger partial charge in [0.15, 0.2) is 5.16 Å². The van der Waals surface area contributed by atoms with Gasteiger partial charge in [0.05, 0.1) is 5.39 Å². The van der Waals surface area contributed by atoms with E-state index in [0.29, 0.717) is 0 Å². The minimum Gasteiger partial charge on any atom is -0.301 e. The zero-order valence-corrected chi connectivity index (χ0v) is 16.8. The number of nitrogens with zero attached hydrogens (tertiary/aromatic N) is 1. The highest BCUT2D eigenvalue weighted by molar-refractivity contribution is 7.99. The number of nitrogens with one attached hydrogen (secondary N) is 1. The molecule has 1 aliphatic rings. The molecule has 0 saturated carbocycles. The van der Waals surface area contributed by atoms with Crippen molar-refractivity contribution < 1.29 is 0 Å². The molecule has 3 nitrogen and oxygen atoms in total. The highest BCUT2D eigenvalue weighted by Gasteiger charge is 2.23. The van der Waals surface area contributed by atoms with Gasteiger partial charge < -0.3 is 4.98 Å². The zero-order valence-electron chi connectivity index (χ0n) is 15.1. The van der Waals surface area contributed by atoms with Crippen LogP contribution < -0.4 is 5.56 Å². The molecule has 4 rings (SSSR count). The highest BCUT2D eigenvalue weighted by Crippen LogP contribution is 2.42. The van der Waals surface area contributed by atoms with Gasteiger partial charge in [0, 0.05) is 10.6 Å². The molecule has 3 aromatic rings. The van der Waals surface area contributed by atoms with Crippen LogP contribution in [-0.4, -0.2) is 15.7 Å². The van der Waals surface area contributed by atoms with Gasteiger partial charge in [-0.1, -0.05) is 68.6 Å². The summed E-state index contributed by atoms with van der Waals surface area (Å²) < 4.78 is 0. The Hall–Kier alpha value is -1.59. The van der Waals surface area contributed by atoms with E-state index >= 15 is 0 Å². The molecular weight excluding hydrogens is 360 g/mol. The molecule has 5 heteroatoms. The standard InChI is InChI=1S/C21H24N2OS2/c1-2-3-4-5-8-13-25-21-22-19(24)17-16-12-11-14-9-6-7-10-15(14)18(16)26-20(17)23-21/h6-7,9-10H,2-5,8,11-13H2,1H3,(H,22,23,24). The van der Waals surface area contributed by atoms with Crippen LogP contribution in [0.2, 0.25) is 0 Å². The number of aryl methyl sites for hydroxylation is 2. The maximum atomic E-state index is 12.7. The Balaban J connectivity index is 1.58. The number of thiophene rings is 1. The van der Waals surface area contributed by atoms with Crippen LogP contribution >= 0.6 is 23.1 Å². The van der Waals surface area contributed by atoms with Crippen molar-refractivity contribution in [3.05, 3.63) is 45.7 Å². The molecule has 0 fully saturated rings. The van der Waals surface area contributed by atoms with E-state index in [1.807, 2.05) is 0 Å². The molecule has 26 heavy (non-hydrogen) atoms. The minimum absolute atomic E-state index is 0.0281. The third kappa shape index (κ3) is 3.47. The molecule has 0 unspecified atom stereocenters. The van der Waals surface area contributed by atoms with Crippen molar-refractivity contribution in [2.75, 3.05) is 5.75 Å². The molecule has 0 bridgehead atoms. The zero-order chi connectivity index (χ0) is 17.9. The quantitative estimate of drug-likeness (QED) is 0.317. The normalized spacial score (nSPS) is 13.0. The van der Waals surface area contributed by atoms with Crippen LogP contribution in [0.25, 0.3) is 20.7 Å². The molecular formula is C21H24N2OS2. The second-order valence-corrected chi connectivity index (χ2v) is 8.96. The molecule has 0 atom stereocenters. The van der Waals surface area contributed by atoms with E-state index in [2.05, 4.69) is 36.2 Å². The smallest absolute Gasteiger partial charge is 0.260 e. The van der Waals surface area contributed by atoms with E-state index in [9.17, 15) is 4.79 Å². The Morgan fingerprint density at radius 2 is 2.00 bits per heavy atom. The first-order valence-corrected chi connectivity index (χ1v) is 11.3. The second kappa shape index (κ2) is 7.97. The van der Waals surface area contributed by atoms with Crippen molar-refractivity contribution in [2.45, 2.75) is 57.0 Å². The molecule has 0 aliphatic heterocycles. The average molecular weight is 385 g/mol. The fourth-order valence-electron chi connectivity index (χ4n) is 3.66. The minimum atomic E-state index is 0.0281. The lowest BCUT2D eigenvalue weighted by molar-refractivity contribution is 0.659. The summed E-state index contributed by atoms with van der Waals surface area (Å²) in [6.45, 7) is 2.23. The molecule has 1 aromatic carbocycles. The maximum absolute atomic E-state index is 12.7. The number of rotatable bonds is 7. The lowest BCUT2D eigenvalue weighted by Gasteiger charge is -2.15. The number of benzene rings is 1. The molecule has 1 aliphatic carbocycles. The topological polar surface area (TPSA) is 45.8 Å². The fraction of sp³-hybridized carbons (Fsp3) is 0.429. The monoisotopic (exact) mass is 384 g/mol. The summed E-state index contributed by atoms with van der Waals surface area (Å²) in [5.74, 6) is 1.02.